The van der Waals surface area contributed by atoms with Crippen LogP contribution in [0, 0.1) is 5.92 Å². The topological polar surface area (TPSA) is 0 Å². The molecule has 126 valence electrons. The van der Waals surface area contributed by atoms with Crippen molar-refractivity contribution in [2.24, 2.45) is 5.92 Å². The summed E-state index contributed by atoms with van der Waals surface area (Å²) < 4.78 is 0. The fraction of sp³-hybridized carbons (Fsp3) is 0.800. The third-order valence-electron chi connectivity index (χ3n) is 2.03. The predicted octanol–water partition coefficient (Wildman–Crippen LogP) is 8.44. The van der Waals surface area contributed by atoms with Crippen LogP contribution in [-0.2, 0) is 0 Å². The van der Waals surface area contributed by atoms with E-state index in [1.165, 1.54) is 24.0 Å². The molecule has 0 heteroatoms. The number of hydrogen-bond acceptors (Lipinski definition) is 0. The second kappa shape index (κ2) is 36.3. The van der Waals surface area contributed by atoms with Crippen molar-refractivity contribution in [2.45, 2.75) is 103 Å². The molecule has 0 N–H and O–H groups in total. The van der Waals surface area contributed by atoms with E-state index in [2.05, 4.69) is 46.8 Å². The van der Waals surface area contributed by atoms with Crippen molar-refractivity contribution >= 4 is 0 Å². The predicted molar refractivity (Wildman–Crippen MR) is 103 cm³/mol. The van der Waals surface area contributed by atoms with Crippen molar-refractivity contribution < 1.29 is 0 Å². The second-order valence-electron chi connectivity index (χ2n) is 3.68. The van der Waals surface area contributed by atoms with Gasteiger partial charge in [-0.3, -0.25) is 0 Å². The summed E-state index contributed by atoms with van der Waals surface area (Å²) in [6, 6.07) is 0. The first-order valence-corrected chi connectivity index (χ1v) is 8.96. The highest BCUT2D eigenvalue weighted by molar-refractivity contribution is 5.26. The standard InChI is InChI=1S/C9H14.C3H8.4C2H6/c1-7-4-5-8(2)9(3)6-7;1-3-2;4*1-2/h4,6,8H,5H2,1-3H3;3H2,1-2H3;4*1-2H3. The molecule has 0 fully saturated rings. The monoisotopic (exact) mass is 286 g/mol. The van der Waals surface area contributed by atoms with Crippen molar-refractivity contribution in [1.82, 2.24) is 0 Å². The van der Waals surface area contributed by atoms with Gasteiger partial charge in [0.1, 0.15) is 0 Å². The van der Waals surface area contributed by atoms with E-state index >= 15 is 0 Å². The smallest absolute Gasteiger partial charge is 0.0196 e. The Kier molecular flexibility index (Phi) is 57.5. The molecule has 0 heterocycles. The molecule has 1 atom stereocenters. The third kappa shape index (κ3) is 30.5. The van der Waals surface area contributed by atoms with Gasteiger partial charge in [0.2, 0.25) is 0 Å². The minimum Gasteiger partial charge on any atom is -0.0810 e. The van der Waals surface area contributed by atoms with Crippen molar-refractivity contribution in [3.63, 3.8) is 0 Å². The highest BCUT2D eigenvalue weighted by Gasteiger charge is 2.05. The van der Waals surface area contributed by atoms with E-state index in [-0.39, 0.29) is 0 Å². The summed E-state index contributed by atoms with van der Waals surface area (Å²) >= 11 is 0. The molecule has 1 aliphatic rings. The average molecular weight is 287 g/mol. The Morgan fingerprint density at radius 3 is 1.35 bits per heavy atom. The SMILES string of the molecule is CC.CC.CC.CC.CC1=CCC(C)C(C)=C1.CCC. The molecule has 0 aromatic rings. The lowest BCUT2D eigenvalue weighted by Crippen LogP contribution is -1.99. The minimum absolute atomic E-state index is 0.772. The quantitative estimate of drug-likeness (QED) is 0.419. The van der Waals surface area contributed by atoms with Crippen LogP contribution in [0.3, 0.4) is 0 Å². The second-order valence-corrected chi connectivity index (χ2v) is 3.68. The number of allylic oxidation sites excluding steroid dienone is 4. The molecule has 0 spiro atoms. The molecule has 1 aliphatic carbocycles. The van der Waals surface area contributed by atoms with Crippen LogP contribution in [0.5, 0.6) is 0 Å². The number of rotatable bonds is 0. The Morgan fingerprint density at radius 2 is 1.15 bits per heavy atom. The minimum atomic E-state index is 0.772. The fourth-order valence-corrected chi connectivity index (χ4v) is 1.11. The van der Waals surface area contributed by atoms with E-state index in [0.717, 1.165) is 5.92 Å². The first-order chi connectivity index (χ1) is 9.61. The van der Waals surface area contributed by atoms with E-state index < -0.39 is 0 Å². The van der Waals surface area contributed by atoms with Gasteiger partial charge in [-0.05, 0) is 26.2 Å². The molecule has 0 amide bonds. The molecular formula is C20H46. The van der Waals surface area contributed by atoms with E-state index in [4.69, 9.17) is 0 Å². The Bertz CT molecular complexity index is 172. The Balaban J connectivity index is -0.0000000579. The lowest BCUT2D eigenvalue weighted by atomic mass is 9.92. The highest BCUT2D eigenvalue weighted by Crippen LogP contribution is 2.21. The molecule has 0 radical (unpaired) electrons. The van der Waals surface area contributed by atoms with Gasteiger partial charge >= 0.3 is 0 Å². The van der Waals surface area contributed by atoms with Gasteiger partial charge in [-0.25, -0.2) is 0 Å². The molecule has 0 bridgehead atoms. The van der Waals surface area contributed by atoms with Crippen LogP contribution in [0.25, 0.3) is 0 Å². The summed E-state index contributed by atoms with van der Waals surface area (Å²) in [5.74, 6) is 0.772. The maximum atomic E-state index is 2.30. The van der Waals surface area contributed by atoms with Gasteiger partial charge in [-0.15, -0.1) is 0 Å². The molecular weight excluding hydrogens is 240 g/mol. The molecule has 0 aromatic carbocycles. The zero-order valence-electron chi connectivity index (χ0n) is 17.1. The summed E-state index contributed by atoms with van der Waals surface area (Å²) in [4.78, 5) is 0. The lowest BCUT2D eigenvalue weighted by molar-refractivity contribution is 0.681. The largest absolute Gasteiger partial charge is 0.0810 e. The average Bonchev–Trinajstić information content (AvgIpc) is 2.52. The maximum Gasteiger partial charge on any atom is -0.0196 e. The summed E-state index contributed by atoms with van der Waals surface area (Å²) in [6.07, 6.45) is 7.06. The molecule has 1 unspecified atom stereocenters. The fourth-order valence-electron chi connectivity index (χ4n) is 1.11. The molecule has 0 aromatic heterocycles. The first-order valence-electron chi connectivity index (χ1n) is 8.96. The van der Waals surface area contributed by atoms with Crippen LogP contribution in [0.1, 0.15) is 103 Å². The normalized spacial score (nSPS) is 14.3. The highest BCUT2D eigenvalue weighted by atomic mass is 14.1. The van der Waals surface area contributed by atoms with Gasteiger partial charge in [-0.2, -0.15) is 0 Å². The van der Waals surface area contributed by atoms with Gasteiger partial charge in [0.25, 0.3) is 0 Å². The third-order valence-corrected chi connectivity index (χ3v) is 2.03. The van der Waals surface area contributed by atoms with Crippen molar-refractivity contribution in [1.29, 1.82) is 0 Å². The van der Waals surface area contributed by atoms with Crippen LogP contribution < -0.4 is 0 Å². The lowest BCUT2D eigenvalue weighted by Gasteiger charge is -2.14. The Morgan fingerprint density at radius 1 is 0.850 bits per heavy atom. The number of hydrogen-bond donors (Lipinski definition) is 0. The Hall–Kier alpha value is -0.520. The van der Waals surface area contributed by atoms with Gasteiger partial charge in [-0.1, -0.05) is 106 Å². The Labute approximate surface area is 132 Å². The van der Waals surface area contributed by atoms with Gasteiger partial charge in [0.05, 0.1) is 0 Å². The zero-order valence-corrected chi connectivity index (χ0v) is 17.1. The first kappa shape index (κ1) is 31.7. The van der Waals surface area contributed by atoms with Crippen LogP contribution >= 0.6 is 0 Å². The summed E-state index contributed by atoms with van der Waals surface area (Å²) in [7, 11) is 0. The van der Waals surface area contributed by atoms with Gasteiger partial charge < -0.3 is 0 Å². The van der Waals surface area contributed by atoms with Gasteiger partial charge in [0.15, 0.2) is 0 Å². The molecule has 0 nitrogen and oxygen atoms in total. The van der Waals surface area contributed by atoms with E-state index in [1.54, 1.807) is 0 Å². The van der Waals surface area contributed by atoms with Gasteiger partial charge in [0, 0.05) is 0 Å². The van der Waals surface area contributed by atoms with Crippen molar-refractivity contribution in [3.05, 3.63) is 23.3 Å². The van der Waals surface area contributed by atoms with Crippen LogP contribution in [-0.4, -0.2) is 0 Å². The molecule has 0 aliphatic heterocycles. The van der Waals surface area contributed by atoms with Crippen molar-refractivity contribution in [3.8, 4) is 0 Å². The van der Waals surface area contributed by atoms with Crippen LogP contribution in [0.2, 0.25) is 0 Å². The molecule has 20 heavy (non-hydrogen) atoms. The molecule has 0 saturated carbocycles. The maximum absolute atomic E-state index is 2.30. The van der Waals surface area contributed by atoms with Crippen molar-refractivity contribution in [2.75, 3.05) is 0 Å². The summed E-state index contributed by atoms with van der Waals surface area (Å²) in [5, 5.41) is 0. The molecule has 0 saturated heterocycles. The van der Waals surface area contributed by atoms with Crippen LogP contribution in [0.4, 0.5) is 0 Å². The van der Waals surface area contributed by atoms with E-state index in [9.17, 15) is 0 Å². The zero-order chi connectivity index (χ0) is 17.6. The summed E-state index contributed by atoms with van der Waals surface area (Å²) in [6.45, 7) is 26.9. The van der Waals surface area contributed by atoms with E-state index in [0.29, 0.717) is 0 Å². The molecule has 1 rings (SSSR count). The summed E-state index contributed by atoms with van der Waals surface area (Å²) in [5.41, 5.74) is 2.94. The van der Waals surface area contributed by atoms with Crippen LogP contribution in [0.15, 0.2) is 23.3 Å². The van der Waals surface area contributed by atoms with E-state index in [1.807, 2.05) is 55.4 Å².